The number of nitrogens with zero attached hydrogens (tertiary/aromatic N) is 2. The van der Waals surface area contributed by atoms with Crippen molar-refractivity contribution in [2.45, 2.75) is 31.7 Å². The average molecular weight is 406 g/mol. The van der Waals surface area contributed by atoms with Gasteiger partial charge in [-0.25, -0.2) is 4.98 Å². The molecule has 2 aromatic carbocycles. The SMILES string of the molecule is COc1ccc2[nH]cc(CC(=O)N3CCCCC3c3nc4ccccc4s3)c2c1. The number of hydrogen-bond acceptors (Lipinski definition) is 4. The Morgan fingerprint density at radius 2 is 2.17 bits per heavy atom. The van der Waals surface area contributed by atoms with E-state index in [-0.39, 0.29) is 11.9 Å². The molecule has 1 aliphatic rings. The van der Waals surface area contributed by atoms with Crippen molar-refractivity contribution in [2.24, 2.45) is 0 Å². The van der Waals surface area contributed by atoms with Gasteiger partial charge in [-0.05, 0) is 55.2 Å². The number of benzene rings is 2. The van der Waals surface area contributed by atoms with Crippen LogP contribution in [0.2, 0.25) is 0 Å². The molecular formula is C23H23N3O2S. The van der Waals surface area contributed by atoms with Gasteiger partial charge in [0, 0.05) is 23.6 Å². The molecule has 0 aliphatic carbocycles. The lowest BCUT2D eigenvalue weighted by atomic mass is 10.0. The van der Waals surface area contributed by atoms with Crippen molar-refractivity contribution < 1.29 is 9.53 Å². The number of piperidine rings is 1. The molecule has 0 saturated carbocycles. The number of methoxy groups -OCH3 is 1. The van der Waals surface area contributed by atoms with Crippen molar-refractivity contribution in [1.82, 2.24) is 14.9 Å². The van der Waals surface area contributed by atoms with Crippen LogP contribution < -0.4 is 4.74 Å². The van der Waals surface area contributed by atoms with Gasteiger partial charge in [0.25, 0.3) is 0 Å². The number of para-hydroxylation sites is 1. The molecule has 1 unspecified atom stereocenters. The Hall–Kier alpha value is -2.86. The first-order chi connectivity index (χ1) is 14.2. The van der Waals surface area contributed by atoms with Gasteiger partial charge in [-0.1, -0.05) is 12.1 Å². The molecule has 1 aliphatic heterocycles. The van der Waals surface area contributed by atoms with E-state index in [0.717, 1.165) is 58.5 Å². The molecule has 5 rings (SSSR count). The molecule has 0 bridgehead atoms. The molecule has 1 atom stereocenters. The number of rotatable bonds is 4. The molecule has 6 heteroatoms. The summed E-state index contributed by atoms with van der Waals surface area (Å²) in [5, 5.41) is 2.10. The number of nitrogens with one attached hydrogen (secondary N) is 1. The van der Waals surface area contributed by atoms with Crippen LogP contribution in [0.4, 0.5) is 0 Å². The second-order valence-corrected chi connectivity index (χ2v) is 8.58. The lowest BCUT2D eigenvalue weighted by Crippen LogP contribution is -2.39. The van der Waals surface area contributed by atoms with Gasteiger partial charge in [-0.3, -0.25) is 4.79 Å². The van der Waals surface area contributed by atoms with Crippen LogP contribution in [0.1, 0.15) is 35.9 Å². The number of aromatic nitrogens is 2. The predicted molar refractivity (Wildman–Crippen MR) is 116 cm³/mol. The molecule has 1 N–H and O–H groups in total. The van der Waals surface area contributed by atoms with E-state index in [2.05, 4.69) is 11.1 Å². The Morgan fingerprint density at radius 1 is 1.28 bits per heavy atom. The van der Waals surface area contributed by atoms with Gasteiger partial charge in [0.1, 0.15) is 10.8 Å². The minimum Gasteiger partial charge on any atom is -0.497 e. The average Bonchev–Trinajstić information content (AvgIpc) is 3.37. The number of likely N-dealkylation sites (tertiary alicyclic amines) is 1. The number of fused-ring (bicyclic) bond motifs is 2. The van der Waals surface area contributed by atoms with Crippen molar-refractivity contribution >= 4 is 38.4 Å². The van der Waals surface area contributed by atoms with Crippen LogP contribution in [0.3, 0.4) is 0 Å². The molecule has 4 aromatic rings. The van der Waals surface area contributed by atoms with E-state index in [1.807, 2.05) is 47.5 Å². The first-order valence-corrected chi connectivity index (χ1v) is 10.8. The summed E-state index contributed by atoms with van der Waals surface area (Å²) in [7, 11) is 1.66. The molecule has 1 fully saturated rings. The highest BCUT2D eigenvalue weighted by atomic mass is 32.1. The quantitative estimate of drug-likeness (QED) is 0.515. The van der Waals surface area contributed by atoms with E-state index < -0.39 is 0 Å². The zero-order chi connectivity index (χ0) is 19.8. The number of carbonyl (C=O) groups is 1. The largest absolute Gasteiger partial charge is 0.497 e. The summed E-state index contributed by atoms with van der Waals surface area (Å²) in [6.07, 6.45) is 5.49. The van der Waals surface area contributed by atoms with Gasteiger partial charge in [0.2, 0.25) is 5.91 Å². The first kappa shape index (κ1) is 18.2. The fraction of sp³-hybridized carbons (Fsp3) is 0.304. The molecule has 29 heavy (non-hydrogen) atoms. The third-order valence-corrected chi connectivity index (χ3v) is 6.87. The van der Waals surface area contributed by atoms with Crippen LogP contribution >= 0.6 is 11.3 Å². The monoisotopic (exact) mass is 405 g/mol. The Kier molecular flexibility index (Phi) is 4.72. The fourth-order valence-electron chi connectivity index (χ4n) is 4.21. The maximum atomic E-state index is 13.3. The third kappa shape index (κ3) is 3.38. The number of thiazole rings is 1. The van der Waals surface area contributed by atoms with Crippen LogP contribution in [-0.2, 0) is 11.2 Å². The zero-order valence-corrected chi connectivity index (χ0v) is 17.2. The summed E-state index contributed by atoms with van der Waals surface area (Å²) in [5.74, 6) is 0.966. The van der Waals surface area contributed by atoms with E-state index in [0.29, 0.717) is 6.42 Å². The van der Waals surface area contributed by atoms with E-state index in [1.54, 1.807) is 18.4 Å². The molecule has 1 amide bonds. The summed E-state index contributed by atoms with van der Waals surface area (Å²) in [6.45, 7) is 0.797. The van der Waals surface area contributed by atoms with Gasteiger partial charge in [0.15, 0.2) is 0 Å². The molecule has 3 heterocycles. The number of amides is 1. The molecule has 5 nitrogen and oxygen atoms in total. The number of carbonyl (C=O) groups excluding carboxylic acids is 1. The van der Waals surface area contributed by atoms with E-state index in [9.17, 15) is 4.79 Å². The van der Waals surface area contributed by atoms with E-state index >= 15 is 0 Å². The number of ether oxygens (including phenoxy) is 1. The molecule has 1 saturated heterocycles. The van der Waals surface area contributed by atoms with Crippen molar-refractivity contribution in [3.05, 3.63) is 59.2 Å². The zero-order valence-electron chi connectivity index (χ0n) is 16.4. The molecule has 2 aromatic heterocycles. The van der Waals surface area contributed by atoms with Crippen molar-refractivity contribution in [2.75, 3.05) is 13.7 Å². The number of H-pyrrole nitrogens is 1. The summed E-state index contributed by atoms with van der Waals surface area (Å²) in [6, 6.07) is 14.2. The van der Waals surface area contributed by atoms with Crippen molar-refractivity contribution in [3.8, 4) is 5.75 Å². The highest BCUT2D eigenvalue weighted by Crippen LogP contribution is 2.36. The van der Waals surface area contributed by atoms with Gasteiger partial charge < -0.3 is 14.6 Å². The standard InChI is InChI=1S/C23H23N3O2S/c1-28-16-9-10-18-17(13-16)15(14-24-18)12-22(27)26-11-5-4-7-20(26)23-25-19-6-2-3-8-21(19)29-23/h2-3,6,8-10,13-14,20,24H,4-5,7,11-12H2,1H3. The lowest BCUT2D eigenvalue weighted by molar-refractivity contribution is -0.134. The Labute approximate surface area is 173 Å². The summed E-state index contributed by atoms with van der Waals surface area (Å²) < 4.78 is 6.54. The molecule has 148 valence electrons. The second-order valence-electron chi connectivity index (χ2n) is 7.52. The Morgan fingerprint density at radius 3 is 3.03 bits per heavy atom. The maximum absolute atomic E-state index is 13.3. The summed E-state index contributed by atoms with van der Waals surface area (Å²) in [5.41, 5.74) is 3.06. The van der Waals surface area contributed by atoms with Crippen LogP contribution in [0.25, 0.3) is 21.1 Å². The Bertz CT molecular complexity index is 1150. The fourth-order valence-corrected chi connectivity index (χ4v) is 5.33. The highest BCUT2D eigenvalue weighted by molar-refractivity contribution is 7.18. The van der Waals surface area contributed by atoms with Crippen LogP contribution in [-0.4, -0.2) is 34.4 Å². The van der Waals surface area contributed by atoms with Gasteiger partial charge >= 0.3 is 0 Å². The highest BCUT2D eigenvalue weighted by Gasteiger charge is 2.30. The first-order valence-electron chi connectivity index (χ1n) is 10.0. The van der Waals surface area contributed by atoms with Crippen molar-refractivity contribution in [1.29, 1.82) is 0 Å². The van der Waals surface area contributed by atoms with Gasteiger partial charge in [0.05, 0.1) is 29.8 Å². The van der Waals surface area contributed by atoms with Crippen LogP contribution in [0.5, 0.6) is 5.75 Å². The minimum absolute atomic E-state index is 0.0772. The molecule has 0 spiro atoms. The predicted octanol–water partition coefficient (Wildman–Crippen LogP) is 5.08. The summed E-state index contributed by atoms with van der Waals surface area (Å²) in [4.78, 5) is 23.5. The van der Waals surface area contributed by atoms with Crippen molar-refractivity contribution in [3.63, 3.8) is 0 Å². The normalized spacial score (nSPS) is 17.1. The summed E-state index contributed by atoms with van der Waals surface area (Å²) >= 11 is 1.71. The lowest BCUT2D eigenvalue weighted by Gasteiger charge is -2.34. The number of aromatic amines is 1. The Balaban J connectivity index is 1.43. The molecular weight excluding hydrogens is 382 g/mol. The third-order valence-electron chi connectivity index (χ3n) is 5.73. The number of hydrogen-bond donors (Lipinski definition) is 1. The molecule has 0 radical (unpaired) electrons. The second kappa shape index (κ2) is 7.52. The van der Waals surface area contributed by atoms with Crippen LogP contribution in [0.15, 0.2) is 48.7 Å². The van der Waals surface area contributed by atoms with Gasteiger partial charge in [-0.15, -0.1) is 11.3 Å². The minimum atomic E-state index is 0.0772. The topological polar surface area (TPSA) is 58.2 Å². The smallest absolute Gasteiger partial charge is 0.227 e. The van der Waals surface area contributed by atoms with Crippen LogP contribution in [0, 0.1) is 0 Å². The van der Waals surface area contributed by atoms with E-state index in [4.69, 9.17) is 9.72 Å². The van der Waals surface area contributed by atoms with E-state index in [1.165, 1.54) is 4.70 Å². The van der Waals surface area contributed by atoms with Gasteiger partial charge in [-0.2, -0.15) is 0 Å². The maximum Gasteiger partial charge on any atom is 0.227 e.